The molecular weight excluding hydrogens is 180 g/mol. The normalized spacial score (nSPS) is 10.4. The molecule has 1 aromatic rings. The number of hydrogen-bond donors (Lipinski definition) is 1. The molecule has 4 heteroatoms. The molecule has 0 bridgehead atoms. The van der Waals surface area contributed by atoms with Crippen molar-refractivity contribution in [3.05, 3.63) is 27.9 Å². The van der Waals surface area contributed by atoms with Gasteiger partial charge in [-0.3, -0.25) is 4.79 Å². The molecule has 0 saturated heterocycles. The average Bonchev–Trinajstić information content (AvgIpc) is 2.14. The van der Waals surface area contributed by atoms with Crippen molar-refractivity contribution in [2.75, 3.05) is 6.61 Å². The molecule has 0 aliphatic rings. The summed E-state index contributed by atoms with van der Waals surface area (Å²) >= 11 is 0. The molecule has 0 saturated carbocycles. The lowest BCUT2D eigenvalue weighted by Gasteiger charge is -2.02. The lowest BCUT2D eigenvalue weighted by Crippen LogP contribution is -2.13. The van der Waals surface area contributed by atoms with Gasteiger partial charge in [-0.1, -0.05) is 13.3 Å². The average molecular weight is 196 g/mol. The minimum absolute atomic E-state index is 0.0989. The molecule has 78 valence electrons. The minimum Gasteiger partial charge on any atom is -0.374 e. The van der Waals surface area contributed by atoms with Gasteiger partial charge in [-0.2, -0.15) is 0 Å². The number of aryl methyl sites for hydroxylation is 1. The van der Waals surface area contributed by atoms with Crippen LogP contribution in [-0.2, 0) is 17.8 Å². The van der Waals surface area contributed by atoms with Crippen LogP contribution in [-0.4, -0.2) is 16.6 Å². The number of aromatic amines is 1. The Morgan fingerprint density at radius 3 is 2.93 bits per heavy atom. The Bertz CT molecular complexity index is 333. The van der Waals surface area contributed by atoms with Crippen LogP contribution < -0.4 is 5.56 Å². The van der Waals surface area contributed by atoms with Gasteiger partial charge in [0.2, 0.25) is 0 Å². The molecule has 1 rings (SSSR count). The molecular formula is C10H16N2O2. The number of hydrogen-bond acceptors (Lipinski definition) is 3. The Morgan fingerprint density at radius 1 is 1.50 bits per heavy atom. The van der Waals surface area contributed by atoms with E-state index in [2.05, 4.69) is 16.9 Å². The van der Waals surface area contributed by atoms with E-state index in [1.807, 2.05) is 6.92 Å². The number of ether oxygens (including phenoxy) is 1. The first-order chi connectivity index (χ1) is 6.76. The predicted octanol–water partition coefficient (Wildman–Crippen LogP) is 1.26. The van der Waals surface area contributed by atoms with Crippen LogP contribution in [0.5, 0.6) is 0 Å². The molecule has 1 aromatic heterocycles. The molecule has 4 nitrogen and oxygen atoms in total. The first-order valence-electron chi connectivity index (χ1n) is 4.93. The second-order valence-corrected chi connectivity index (χ2v) is 3.07. The van der Waals surface area contributed by atoms with E-state index in [9.17, 15) is 4.79 Å². The quantitative estimate of drug-likeness (QED) is 0.771. The molecule has 0 atom stereocenters. The number of nitrogens with one attached hydrogen (secondary N) is 1. The SMILES string of the molecule is CCCc1cc(=O)[nH]c(COCC)n1. The monoisotopic (exact) mass is 196 g/mol. The van der Waals surface area contributed by atoms with Crippen LogP contribution in [0, 0.1) is 0 Å². The van der Waals surface area contributed by atoms with E-state index >= 15 is 0 Å². The summed E-state index contributed by atoms with van der Waals surface area (Å²) in [6.07, 6.45) is 1.83. The van der Waals surface area contributed by atoms with Gasteiger partial charge in [0.25, 0.3) is 5.56 Å². The summed E-state index contributed by atoms with van der Waals surface area (Å²) in [6.45, 7) is 4.98. The molecule has 0 aliphatic heterocycles. The molecule has 0 amide bonds. The summed E-state index contributed by atoms with van der Waals surface area (Å²) in [5.41, 5.74) is 0.740. The maximum absolute atomic E-state index is 11.2. The lowest BCUT2D eigenvalue weighted by molar-refractivity contribution is 0.128. The summed E-state index contributed by atoms with van der Waals surface area (Å²) < 4.78 is 5.18. The van der Waals surface area contributed by atoms with E-state index in [0.29, 0.717) is 19.0 Å². The largest absolute Gasteiger partial charge is 0.374 e. The fraction of sp³-hybridized carbons (Fsp3) is 0.600. The first-order valence-corrected chi connectivity index (χ1v) is 4.93. The third kappa shape index (κ3) is 3.30. The van der Waals surface area contributed by atoms with Crippen LogP contribution in [0.25, 0.3) is 0 Å². The van der Waals surface area contributed by atoms with Crippen LogP contribution in [0.1, 0.15) is 31.8 Å². The fourth-order valence-corrected chi connectivity index (χ4v) is 1.21. The highest BCUT2D eigenvalue weighted by Gasteiger charge is 2.00. The van der Waals surface area contributed by atoms with E-state index in [0.717, 1.165) is 18.5 Å². The number of rotatable bonds is 5. The number of nitrogens with zero attached hydrogens (tertiary/aromatic N) is 1. The van der Waals surface area contributed by atoms with Gasteiger partial charge in [0.1, 0.15) is 12.4 Å². The zero-order chi connectivity index (χ0) is 10.4. The van der Waals surface area contributed by atoms with Crippen molar-refractivity contribution in [3.63, 3.8) is 0 Å². The van der Waals surface area contributed by atoms with Gasteiger partial charge in [0.05, 0.1) is 0 Å². The highest BCUT2D eigenvalue weighted by atomic mass is 16.5. The molecule has 0 radical (unpaired) electrons. The molecule has 1 N–H and O–H groups in total. The Labute approximate surface area is 83.3 Å². The highest BCUT2D eigenvalue weighted by Crippen LogP contribution is 1.97. The van der Waals surface area contributed by atoms with E-state index < -0.39 is 0 Å². The smallest absolute Gasteiger partial charge is 0.251 e. The molecule has 0 fully saturated rings. The van der Waals surface area contributed by atoms with Gasteiger partial charge >= 0.3 is 0 Å². The summed E-state index contributed by atoms with van der Waals surface area (Å²) in [5, 5.41) is 0. The van der Waals surface area contributed by atoms with Gasteiger partial charge in [0.15, 0.2) is 0 Å². The molecule has 1 heterocycles. The summed E-state index contributed by atoms with van der Waals surface area (Å²) in [4.78, 5) is 18.1. The van der Waals surface area contributed by atoms with Crippen LogP contribution in [0.4, 0.5) is 0 Å². The van der Waals surface area contributed by atoms with Crippen LogP contribution in [0.15, 0.2) is 10.9 Å². The van der Waals surface area contributed by atoms with Crippen molar-refractivity contribution in [2.24, 2.45) is 0 Å². The maximum atomic E-state index is 11.2. The van der Waals surface area contributed by atoms with Crippen molar-refractivity contribution >= 4 is 0 Å². The number of aromatic nitrogens is 2. The van der Waals surface area contributed by atoms with Gasteiger partial charge in [0, 0.05) is 18.4 Å². The molecule has 0 aliphatic carbocycles. The van der Waals surface area contributed by atoms with Crippen LogP contribution >= 0.6 is 0 Å². The van der Waals surface area contributed by atoms with Crippen LogP contribution in [0.2, 0.25) is 0 Å². The topological polar surface area (TPSA) is 55.0 Å². The zero-order valence-corrected chi connectivity index (χ0v) is 8.67. The summed E-state index contributed by atoms with van der Waals surface area (Å²) in [5.74, 6) is 0.614. The van der Waals surface area contributed by atoms with Crippen molar-refractivity contribution in [1.82, 2.24) is 9.97 Å². The van der Waals surface area contributed by atoms with Gasteiger partial charge < -0.3 is 9.72 Å². The highest BCUT2D eigenvalue weighted by molar-refractivity contribution is 5.02. The zero-order valence-electron chi connectivity index (χ0n) is 8.67. The van der Waals surface area contributed by atoms with Crippen molar-refractivity contribution < 1.29 is 4.74 Å². The minimum atomic E-state index is -0.0989. The molecule has 0 spiro atoms. The fourth-order valence-electron chi connectivity index (χ4n) is 1.21. The Balaban J connectivity index is 2.78. The van der Waals surface area contributed by atoms with E-state index in [4.69, 9.17) is 4.74 Å². The van der Waals surface area contributed by atoms with E-state index in [1.165, 1.54) is 0 Å². The Hall–Kier alpha value is -1.16. The Morgan fingerprint density at radius 2 is 2.29 bits per heavy atom. The molecule has 0 unspecified atom stereocenters. The second kappa shape index (κ2) is 5.54. The lowest BCUT2D eigenvalue weighted by atomic mass is 10.2. The second-order valence-electron chi connectivity index (χ2n) is 3.07. The van der Waals surface area contributed by atoms with E-state index in [-0.39, 0.29) is 5.56 Å². The van der Waals surface area contributed by atoms with Crippen molar-refractivity contribution in [2.45, 2.75) is 33.3 Å². The molecule has 14 heavy (non-hydrogen) atoms. The number of H-pyrrole nitrogens is 1. The first kappa shape index (κ1) is 10.9. The van der Waals surface area contributed by atoms with Crippen molar-refractivity contribution in [1.29, 1.82) is 0 Å². The summed E-state index contributed by atoms with van der Waals surface area (Å²) in [6, 6.07) is 1.54. The van der Waals surface area contributed by atoms with Crippen molar-refractivity contribution in [3.8, 4) is 0 Å². The predicted molar refractivity (Wildman–Crippen MR) is 54.2 cm³/mol. The summed E-state index contributed by atoms with van der Waals surface area (Å²) in [7, 11) is 0. The van der Waals surface area contributed by atoms with Gasteiger partial charge in [-0.05, 0) is 13.3 Å². The van der Waals surface area contributed by atoms with Gasteiger partial charge in [-0.15, -0.1) is 0 Å². The standard InChI is InChI=1S/C10H16N2O2/c1-3-5-8-6-10(13)12-9(11-8)7-14-4-2/h6H,3-5,7H2,1-2H3,(H,11,12,13). The third-order valence-electron chi connectivity index (χ3n) is 1.79. The third-order valence-corrected chi connectivity index (χ3v) is 1.79. The van der Waals surface area contributed by atoms with Gasteiger partial charge in [-0.25, -0.2) is 4.98 Å². The van der Waals surface area contributed by atoms with E-state index in [1.54, 1.807) is 6.07 Å². The Kier molecular flexibility index (Phi) is 4.32. The molecule has 0 aromatic carbocycles. The van der Waals surface area contributed by atoms with Crippen LogP contribution in [0.3, 0.4) is 0 Å². The maximum Gasteiger partial charge on any atom is 0.251 e.